The first kappa shape index (κ1) is 13.2. The van der Waals surface area contributed by atoms with E-state index in [1.807, 2.05) is 6.07 Å². The van der Waals surface area contributed by atoms with E-state index in [0.717, 1.165) is 24.8 Å². The lowest BCUT2D eigenvalue weighted by Gasteiger charge is -2.33. The van der Waals surface area contributed by atoms with Gasteiger partial charge < -0.3 is 11.1 Å². The molecule has 0 bridgehead atoms. The van der Waals surface area contributed by atoms with Gasteiger partial charge in [-0.05, 0) is 43.9 Å². The van der Waals surface area contributed by atoms with E-state index in [1.165, 1.54) is 6.07 Å². The van der Waals surface area contributed by atoms with Gasteiger partial charge in [0.15, 0.2) is 0 Å². The predicted molar refractivity (Wildman–Crippen MR) is 72.9 cm³/mol. The highest BCUT2D eigenvalue weighted by Crippen LogP contribution is 2.18. The third kappa shape index (κ3) is 3.40. The molecule has 3 N–H and O–H groups in total. The van der Waals surface area contributed by atoms with E-state index in [-0.39, 0.29) is 11.4 Å². The Morgan fingerprint density at radius 2 is 2.11 bits per heavy atom. The number of rotatable bonds is 5. The topological polar surface area (TPSA) is 38.0 Å². The molecule has 0 aromatic heterocycles. The van der Waals surface area contributed by atoms with Crippen molar-refractivity contribution in [1.82, 2.24) is 5.32 Å². The molecule has 0 heterocycles. The van der Waals surface area contributed by atoms with Crippen molar-refractivity contribution >= 4 is 0 Å². The number of nitrogens with two attached hydrogens (primary N) is 1. The van der Waals surface area contributed by atoms with Crippen molar-refractivity contribution in [3.8, 4) is 0 Å². The highest BCUT2D eigenvalue weighted by atomic mass is 19.1. The molecule has 1 atom stereocenters. The number of nitrogens with one attached hydrogen (secondary N) is 1. The maximum atomic E-state index is 13.2. The van der Waals surface area contributed by atoms with Crippen LogP contribution < -0.4 is 11.1 Å². The van der Waals surface area contributed by atoms with E-state index < -0.39 is 0 Å². The van der Waals surface area contributed by atoms with Crippen LogP contribution in [0.4, 0.5) is 4.39 Å². The van der Waals surface area contributed by atoms with Crippen molar-refractivity contribution in [3.05, 3.63) is 47.8 Å². The summed E-state index contributed by atoms with van der Waals surface area (Å²) in [5.41, 5.74) is 6.71. The molecule has 2 rings (SSSR count). The Kier molecular flexibility index (Phi) is 4.15. The van der Waals surface area contributed by atoms with Crippen LogP contribution in [0.2, 0.25) is 0 Å². The third-order valence-electron chi connectivity index (χ3n) is 3.49. The molecule has 98 valence electrons. The second-order valence-corrected chi connectivity index (χ2v) is 5.36. The molecular formula is C15H21FN2. The van der Waals surface area contributed by atoms with Gasteiger partial charge in [-0.3, -0.25) is 0 Å². The maximum Gasteiger partial charge on any atom is 0.123 e. The van der Waals surface area contributed by atoms with Crippen molar-refractivity contribution < 1.29 is 4.39 Å². The standard InChI is InChI=1S/C15H21FN2/c1-15(11-17,18-14-7-2-3-8-14)10-12-5-4-6-13(16)9-12/h2-6,9,14,18H,7-8,10-11,17H2,1H3. The zero-order chi connectivity index (χ0) is 13.0. The summed E-state index contributed by atoms with van der Waals surface area (Å²) < 4.78 is 13.2. The predicted octanol–water partition coefficient (Wildman–Crippen LogP) is 2.39. The minimum atomic E-state index is -0.186. The molecule has 2 nitrogen and oxygen atoms in total. The second kappa shape index (κ2) is 5.63. The fraction of sp³-hybridized carbons (Fsp3) is 0.467. The molecule has 3 heteroatoms. The third-order valence-corrected chi connectivity index (χ3v) is 3.49. The highest BCUT2D eigenvalue weighted by Gasteiger charge is 2.26. The van der Waals surface area contributed by atoms with Crippen LogP contribution in [0.3, 0.4) is 0 Å². The zero-order valence-corrected chi connectivity index (χ0v) is 10.8. The Balaban J connectivity index is 2.02. The molecule has 0 amide bonds. The van der Waals surface area contributed by atoms with E-state index in [0.29, 0.717) is 12.6 Å². The van der Waals surface area contributed by atoms with Crippen LogP contribution in [-0.4, -0.2) is 18.1 Å². The minimum Gasteiger partial charge on any atom is -0.329 e. The molecular weight excluding hydrogens is 227 g/mol. The van der Waals surface area contributed by atoms with E-state index >= 15 is 0 Å². The molecule has 1 unspecified atom stereocenters. The van der Waals surface area contributed by atoms with Crippen LogP contribution in [0.5, 0.6) is 0 Å². The number of hydrogen-bond acceptors (Lipinski definition) is 2. The van der Waals surface area contributed by atoms with Crippen LogP contribution in [0.15, 0.2) is 36.4 Å². The van der Waals surface area contributed by atoms with Crippen LogP contribution in [0.25, 0.3) is 0 Å². The van der Waals surface area contributed by atoms with Gasteiger partial charge in [0.2, 0.25) is 0 Å². The Labute approximate surface area is 108 Å². The number of benzene rings is 1. The molecule has 0 spiro atoms. The first-order valence-corrected chi connectivity index (χ1v) is 6.48. The van der Waals surface area contributed by atoms with Gasteiger partial charge in [0.25, 0.3) is 0 Å². The minimum absolute atomic E-state index is 0.176. The van der Waals surface area contributed by atoms with Crippen molar-refractivity contribution in [1.29, 1.82) is 0 Å². The van der Waals surface area contributed by atoms with Gasteiger partial charge in [0.1, 0.15) is 5.82 Å². The van der Waals surface area contributed by atoms with Crippen molar-refractivity contribution in [2.24, 2.45) is 5.73 Å². The van der Waals surface area contributed by atoms with Crippen LogP contribution in [0, 0.1) is 5.82 Å². The van der Waals surface area contributed by atoms with Crippen molar-refractivity contribution in [2.75, 3.05) is 6.54 Å². The van der Waals surface area contributed by atoms with Gasteiger partial charge in [-0.15, -0.1) is 0 Å². The summed E-state index contributed by atoms with van der Waals surface area (Å²) in [5.74, 6) is -0.186. The van der Waals surface area contributed by atoms with E-state index in [4.69, 9.17) is 5.73 Å². The van der Waals surface area contributed by atoms with E-state index in [1.54, 1.807) is 12.1 Å². The summed E-state index contributed by atoms with van der Waals surface area (Å²) >= 11 is 0. The quantitative estimate of drug-likeness (QED) is 0.785. The smallest absolute Gasteiger partial charge is 0.123 e. The van der Waals surface area contributed by atoms with Gasteiger partial charge in [-0.25, -0.2) is 4.39 Å². The Morgan fingerprint density at radius 1 is 1.39 bits per heavy atom. The van der Waals surface area contributed by atoms with Crippen molar-refractivity contribution in [3.63, 3.8) is 0 Å². The lowest BCUT2D eigenvalue weighted by atomic mass is 9.91. The summed E-state index contributed by atoms with van der Waals surface area (Å²) in [5, 5.41) is 3.60. The van der Waals surface area contributed by atoms with E-state index in [2.05, 4.69) is 24.4 Å². The summed E-state index contributed by atoms with van der Waals surface area (Å²) in [6, 6.07) is 7.22. The van der Waals surface area contributed by atoms with Crippen LogP contribution in [0.1, 0.15) is 25.3 Å². The van der Waals surface area contributed by atoms with Gasteiger partial charge in [-0.1, -0.05) is 24.3 Å². The summed E-state index contributed by atoms with van der Waals surface area (Å²) in [6.07, 6.45) is 7.24. The first-order chi connectivity index (χ1) is 8.61. The Bertz CT molecular complexity index is 422. The molecule has 1 aliphatic carbocycles. The van der Waals surface area contributed by atoms with Crippen LogP contribution >= 0.6 is 0 Å². The molecule has 0 radical (unpaired) electrons. The molecule has 0 saturated carbocycles. The largest absolute Gasteiger partial charge is 0.329 e. The Hall–Kier alpha value is -1.19. The Morgan fingerprint density at radius 3 is 2.72 bits per heavy atom. The second-order valence-electron chi connectivity index (χ2n) is 5.36. The molecule has 1 aromatic rings. The monoisotopic (exact) mass is 248 g/mol. The molecule has 18 heavy (non-hydrogen) atoms. The van der Waals surface area contributed by atoms with Gasteiger partial charge in [-0.2, -0.15) is 0 Å². The molecule has 0 fully saturated rings. The van der Waals surface area contributed by atoms with Crippen LogP contribution in [-0.2, 0) is 6.42 Å². The van der Waals surface area contributed by atoms with Gasteiger partial charge in [0, 0.05) is 18.1 Å². The van der Waals surface area contributed by atoms with Gasteiger partial charge in [0.05, 0.1) is 0 Å². The number of hydrogen-bond donors (Lipinski definition) is 2. The number of halogens is 1. The maximum absolute atomic E-state index is 13.2. The first-order valence-electron chi connectivity index (χ1n) is 6.48. The normalized spacial score (nSPS) is 19.1. The lowest BCUT2D eigenvalue weighted by molar-refractivity contribution is 0.317. The lowest BCUT2D eigenvalue weighted by Crippen LogP contribution is -2.54. The molecule has 1 aromatic carbocycles. The van der Waals surface area contributed by atoms with E-state index in [9.17, 15) is 4.39 Å². The molecule has 1 aliphatic rings. The average molecular weight is 248 g/mol. The SMILES string of the molecule is CC(CN)(Cc1cccc(F)c1)NC1CC=CC1. The average Bonchev–Trinajstić information content (AvgIpc) is 2.81. The van der Waals surface area contributed by atoms with Crippen molar-refractivity contribution in [2.45, 2.75) is 37.8 Å². The zero-order valence-electron chi connectivity index (χ0n) is 10.8. The molecule has 0 aliphatic heterocycles. The summed E-state index contributed by atoms with van der Waals surface area (Å²) in [7, 11) is 0. The summed E-state index contributed by atoms with van der Waals surface area (Å²) in [6.45, 7) is 2.65. The highest BCUT2D eigenvalue weighted by molar-refractivity contribution is 5.19. The fourth-order valence-electron chi connectivity index (χ4n) is 2.51. The summed E-state index contributed by atoms with van der Waals surface area (Å²) in [4.78, 5) is 0. The molecule has 0 saturated heterocycles. The fourth-order valence-corrected chi connectivity index (χ4v) is 2.51. The van der Waals surface area contributed by atoms with Gasteiger partial charge >= 0.3 is 0 Å².